The van der Waals surface area contributed by atoms with Gasteiger partial charge in [0.05, 0.1) is 18.1 Å². The number of terminal acetylenes is 1. The Morgan fingerprint density at radius 3 is 2.48 bits per heavy atom. The summed E-state index contributed by atoms with van der Waals surface area (Å²) in [5.41, 5.74) is 0. The molecule has 5 nitrogen and oxygen atoms in total. The first-order valence-corrected chi connectivity index (χ1v) is 9.26. The molecule has 0 aliphatic carbocycles. The van der Waals surface area contributed by atoms with Gasteiger partial charge < -0.3 is 9.47 Å². The van der Waals surface area contributed by atoms with E-state index in [1.165, 1.54) is 0 Å². The van der Waals surface area contributed by atoms with Crippen LogP contribution in [0.15, 0.2) is 29.2 Å². The van der Waals surface area contributed by atoms with Crippen LogP contribution in [0.1, 0.15) is 19.8 Å². The van der Waals surface area contributed by atoms with Crippen LogP contribution in [0.4, 0.5) is 0 Å². The highest BCUT2D eigenvalue weighted by molar-refractivity contribution is 7.89. The molecule has 0 saturated carbocycles. The monoisotopic (exact) mass is 337 g/mol. The molecule has 0 aromatic heterocycles. The van der Waals surface area contributed by atoms with Crippen LogP contribution in [0.25, 0.3) is 0 Å². The van der Waals surface area contributed by atoms with Crippen molar-refractivity contribution >= 4 is 10.0 Å². The van der Waals surface area contributed by atoms with Crippen molar-refractivity contribution in [2.45, 2.75) is 24.7 Å². The predicted molar refractivity (Wildman–Crippen MR) is 88.7 cm³/mol. The Hall–Kier alpha value is -1.55. The summed E-state index contributed by atoms with van der Waals surface area (Å²) in [6.45, 7) is 4.38. The number of sulfonamides is 1. The van der Waals surface area contributed by atoms with Gasteiger partial charge in [0.25, 0.3) is 0 Å². The molecule has 0 radical (unpaired) electrons. The fraction of sp³-hybridized carbons (Fsp3) is 0.529. The Morgan fingerprint density at radius 1 is 1.26 bits per heavy atom. The van der Waals surface area contributed by atoms with Gasteiger partial charge in [-0.05, 0) is 49.9 Å². The summed E-state index contributed by atoms with van der Waals surface area (Å²) in [5.74, 6) is 3.48. The van der Waals surface area contributed by atoms with Crippen molar-refractivity contribution in [1.82, 2.24) is 4.31 Å². The number of hydrogen-bond acceptors (Lipinski definition) is 4. The van der Waals surface area contributed by atoms with E-state index in [-0.39, 0.29) is 0 Å². The van der Waals surface area contributed by atoms with Crippen molar-refractivity contribution in [3.05, 3.63) is 24.3 Å². The number of piperidine rings is 1. The largest absolute Gasteiger partial charge is 0.494 e. The van der Waals surface area contributed by atoms with Gasteiger partial charge in [-0.2, -0.15) is 4.31 Å². The Bertz CT molecular complexity index is 626. The molecule has 6 heteroatoms. The second-order valence-electron chi connectivity index (χ2n) is 5.47. The van der Waals surface area contributed by atoms with E-state index >= 15 is 0 Å². The molecule has 1 aliphatic heterocycles. The van der Waals surface area contributed by atoms with Gasteiger partial charge in [0, 0.05) is 13.1 Å². The Morgan fingerprint density at radius 2 is 1.91 bits per heavy atom. The van der Waals surface area contributed by atoms with Gasteiger partial charge in [-0.15, -0.1) is 6.42 Å². The van der Waals surface area contributed by atoms with Crippen molar-refractivity contribution in [1.29, 1.82) is 0 Å². The zero-order valence-corrected chi connectivity index (χ0v) is 14.2. The van der Waals surface area contributed by atoms with Crippen molar-refractivity contribution < 1.29 is 17.9 Å². The quantitative estimate of drug-likeness (QED) is 0.565. The summed E-state index contributed by atoms with van der Waals surface area (Å²) >= 11 is 0. The maximum Gasteiger partial charge on any atom is 0.243 e. The summed E-state index contributed by atoms with van der Waals surface area (Å²) in [5, 5.41) is 0. The highest BCUT2D eigenvalue weighted by Gasteiger charge is 2.29. The molecule has 0 N–H and O–H groups in total. The van der Waals surface area contributed by atoms with Gasteiger partial charge in [0.1, 0.15) is 12.4 Å². The molecule has 0 bridgehead atoms. The third-order valence-corrected chi connectivity index (χ3v) is 5.80. The number of nitrogens with zero attached hydrogens (tertiary/aromatic N) is 1. The topological polar surface area (TPSA) is 55.8 Å². The molecule has 1 aliphatic rings. The molecule has 2 rings (SSSR count). The predicted octanol–water partition coefficient (Wildman–Crippen LogP) is 2.14. The summed E-state index contributed by atoms with van der Waals surface area (Å²) in [7, 11) is -3.44. The van der Waals surface area contributed by atoms with Crippen LogP contribution < -0.4 is 4.74 Å². The van der Waals surface area contributed by atoms with E-state index in [2.05, 4.69) is 5.92 Å². The molecular weight excluding hydrogens is 314 g/mol. The highest BCUT2D eigenvalue weighted by atomic mass is 32.2. The van der Waals surface area contributed by atoms with Gasteiger partial charge >= 0.3 is 0 Å². The van der Waals surface area contributed by atoms with Gasteiger partial charge in [-0.25, -0.2) is 8.42 Å². The van der Waals surface area contributed by atoms with Gasteiger partial charge in [0.15, 0.2) is 0 Å². The van der Waals surface area contributed by atoms with Crippen molar-refractivity contribution in [2.75, 3.05) is 32.9 Å². The molecule has 1 saturated heterocycles. The molecule has 23 heavy (non-hydrogen) atoms. The van der Waals surface area contributed by atoms with E-state index in [1.807, 2.05) is 6.92 Å². The average molecular weight is 337 g/mol. The summed E-state index contributed by atoms with van der Waals surface area (Å²) in [4.78, 5) is 0.308. The number of benzene rings is 1. The number of ether oxygens (including phenoxy) is 2. The third-order valence-electron chi connectivity index (χ3n) is 3.88. The van der Waals surface area contributed by atoms with Crippen molar-refractivity contribution in [3.8, 4) is 18.1 Å². The van der Waals surface area contributed by atoms with Crippen LogP contribution in [0.5, 0.6) is 5.75 Å². The second kappa shape index (κ2) is 8.34. The van der Waals surface area contributed by atoms with E-state index in [9.17, 15) is 8.42 Å². The first kappa shape index (κ1) is 17.8. The maximum absolute atomic E-state index is 12.7. The summed E-state index contributed by atoms with van der Waals surface area (Å²) < 4.78 is 37.5. The van der Waals surface area contributed by atoms with Gasteiger partial charge in [-0.3, -0.25) is 0 Å². The average Bonchev–Trinajstić information content (AvgIpc) is 2.56. The van der Waals surface area contributed by atoms with Crippen LogP contribution >= 0.6 is 0 Å². The third kappa shape index (κ3) is 4.71. The number of rotatable bonds is 7. The molecule has 1 fully saturated rings. The standard InChI is InChI=1S/C17H23NO4S/c1-3-13-21-14-15-9-11-18(12-10-15)23(19,20)17-7-5-16(6-8-17)22-4-2/h1,5-8,15H,4,9-14H2,2H3. The Balaban J connectivity index is 1.94. The first-order valence-electron chi connectivity index (χ1n) is 7.82. The highest BCUT2D eigenvalue weighted by Crippen LogP contribution is 2.25. The number of hydrogen-bond donors (Lipinski definition) is 0. The van der Waals surface area contributed by atoms with Gasteiger partial charge in [-0.1, -0.05) is 5.92 Å². The normalized spacial score (nSPS) is 16.9. The zero-order chi connectivity index (χ0) is 16.7. The maximum atomic E-state index is 12.7. The SMILES string of the molecule is C#CCOCC1CCN(S(=O)(=O)c2ccc(OCC)cc2)CC1. The van der Waals surface area contributed by atoms with E-state index < -0.39 is 10.0 Å². The molecule has 0 amide bonds. The molecular formula is C17H23NO4S. The molecule has 1 aromatic carbocycles. The molecule has 1 heterocycles. The second-order valence-corrected chi connectivity index (χ2v) is 7.41. The van der Waals surface area contributed by atoms with Crippen molar-refractivity contribution in [3.63, 3.8) is 0 Å². The fourth-order valence-corrected chi connectivity index (χ4v) is 4.09. The fourth-order valence-electron chi connectivity index (χ4n) is 2.62. The lowest BCUT2D eigenvalue weighted by Gasteiger charge is -2.31. The Kier molecular flexibility index (Phi) is 6.46. The smallest absolute Gasteiger partial charge is 0.243 e. The minimum atomic E-state index is -3.44. The first-order chi connectivity index (χ1) is 11.1. The van der Waals surface area contributed by atoms with E-state index in [0.717, 1.165) is 12.8 Å². The summed E-state index contributed by atoms with van der Waals surface area (Å²) in [6.07, 6.45) is 6.73. The molecule has 0 atom stereocenters. The van der Waals surface area contributed by atoms with E-state index in [1.54, 1.807) is 28.6 Å². The van der Waals surface area contributed by atoms with Gasteiger partial charge in [0.2, 0.25) is 10.0 Å². The summed E-state index contributed by atoms with van der Waals surface area (Å²) in [6, 6.07) is 6.58. The van der Waals surface area contributed by atoms with E-state index in [4.69, 9.17) is 15.9 Å². The minimum Gasteiger partial charge on any atom is -0.494 e. The zero-order valence-electron chi connectivity index (χ0n) is 13.4. The lowest BCUT2D eigenvalue weighted by molar-refractivity contribution is 0.101. The lowest BCUT2D eigenvalue weighted by Crippen LogP contribution is -2.39. The molecule has 0 spiro atoms. The Labute approximate surface area is 138 Å². The molecule has 126 valence electrons. The minimum absolute atomic E-state index is 0.308. The van der Waals surface area contributed by atoms with Crippen LogP contribution in [0.2, 0.25) is 0 Å². The molecule has 0 unspecified atom stereocenters. The molecule has 1 aromatic rings. The lowest BCUT2D eigenvalue weighted by atomic mass is 9.99. The van der Waals surface area contributed by atoms with Crippen LogP contribution in [-0.4, -0.2) is 45.6 Å². The van der Waals surface area contributed by atoms with E-state index in [0.29, 0.717) is 49.5 Å². The van der Waals surface area contributed by atoms with Crippen LogP contribution in [0.3, 0.4) is 0 Å². The van der Waals surface area contributed by atoms with Crippen LogP contribution in [0, 0.1) is 18.3 Å². The van der Waals surface area contributed by atoms with Crippen LogP contribution in [-0.2, 0) is 14.8 Å². The van der Waals surface area contributed by atoms with Crippen molar-refractivity contribution in [2.24, 2.45) is 5.92 Å².